The van der Waals surface area contributed by atoms with E-state index in [-0.39, 0.29) is 23.4 Å². The van der Waals surface area contributed by atoms with Crippen molar-refractivity contribution in [1.82, 2.24) is 9.38 Å². The molecule has 0 aliphatic heterocycles. The van der Waals surface area contributed by atoms with Crippen LogP contribution in [0, 0.1) is 10.1 Å². The molecule has 0 aliphatic carbocycles. The summed E-state index contributed by atoms with van der Waals surface area (Å²) in [6, 6.07) is 11.5. The zero-order valence-corrected chi connectivity index (χ0v) is 12.3. The van der Waals surface area contributed by atoms with E-state index < -0.39 is 10.9 Å². The molecular formula is C16H11N3O5. The van der Waals surface area contributed by atoms with Gasteiger partial charge in [-0.25, -0.2) is 9.78 Å². The predicted octanol–water partition coefficient (Wildman–Crippen LogP) is 1.96. The van der Waals surface area contributed by atoms with Gasteiger partial charge < -0.3 is 4.74 Å². The lowest BCUT2D eigenvalue weighted by Gasteiger charge is -2.06. The number of benzene rings is 1. The van der Waals surface area contributed by atoms with Crippen molar-refractivity contribution < 1.29 is 14.5 Å². The molecule has 8 nitrogen and oxygen atoms in total. The number of nitro benzene ring substituents is 1. The fourth-order valence-electron chi connectivity index (χ4n) is 2.12. The summed E-state index contributed by atoms with van der Waals surface area (Å²) in [5, 5.41) is 10.6. The quantitative estimate of drug-likeness (QED) is 0.412. The van der Waals surface area contributed by atoms with Gasteiger partial charge in [-0.15, -0.1) is 0 Å². The summed E-state index contributed by atoms with van der Waals surface area (Å²) in [5.74, 6) is -0.653. The molecule has 0 aliphatic rings. The monoisotopic (exact) mass is 325 g/mol. The fraction of sp³-hybridized carbons (Fsp3) is 0.0625. The fourth-order valence-corrected chi connectivity index (χ4v) is 2.12. The maximum absolute atomic E-state index is 11.9. The molecule has 2 aromatic heterocycles. The van der Waals surface area contributed by atoms with Gasteiger partial charge in [0.05, 0.1) is 16.2 Å². The van der Waals surface area contributed by atoms with Crippen molar-refractivity contribution in [2.75, 3.05) is 0 Å². The van der Waals surface area contributed by atoms with E-state index >= 15 is 0 Å². The average molecular weight is 325 g/mol. The summed E-state index contributed by atoms with van der Waals surface area (Å²) in [4.78, 5) is 38.1. The number of carbonyl (C=O) groups excluding carboxylic acids is 1. The number of hydrogen-bond acceptors (Lipinski definition) is 6. The van der Waals surface area contributed by atoms with Gasteiger partial charge in [-0.05, 0) is 24.3 Å². The lowest BCUT2D eigenvalue weighted by Crippen LogP contribution is -2.16. The number of pyridine rings is 1. The van der Waals surface area contributed by atoms with Gasteiger partial charge in [0.1, 0.15) is 12.3 Å². The molecule has 24 heavy (non-hydrogen) atoms. The normalized spacial score (nSPS) is 10.5. The molecule has 1 aromatic carbocycles. The zero-order valence-electron chi connectivity index (χ0n) is 12.3. The van der Waals surface area contributed by atoms with Crippen LogP contribution in [-0.4, -0.2) is 20.3 Å². The van der Waals surface area contributed by atoms with Gasteiger partial charge in [-0.3, -0.25) is 19.3 Å². The van der Waals surface area contributed by atoms with E-state index in [0.717, 1.165) is 0 Å². The largest absolute Gasteiger partial charge is 0.456 e. The molecular weight excluding hydrogens is 314 g/mol. The van der Waals surface area contributed by atoms with Gasteiger partial charge >= 0.3 is 5.97 Å². The van der Waals surface area contributed by atoms with Crippen LogP contribution in [0.3, 0.4) is 0 Å². The Morgan fingerprint density at radius 3 is 2.67 bits per heavy atom. The number of nitrogens with zero attached hydrogens (tertiary/aromatic N) is 3. The summed E-state index contributed by atoms with van der Waals surface area (Å²) < 4.78 is 6.48. The van der Waals surface area contributed by atoms with E-state index in [1.54, 1.807) is 24.4 Å². The SMILES string of the molecule is O=C(OCc1cc(=O)n2ccccc2n1)c1ccc([N+](=O)[O-])cc1. The molecule has 120 valence electrons. The van der Waals surface area contributed by atoms with E-state index in [0.29, 0.717) is 11.3 Å². The van der Waals surface area contributed by atoms with Gasteiger partial charge in [-0.1, -0.05) is 6.07 Å². The molecule has 0 atom stereocenters. The second kappa shape index (κ2) is 6.29. The highest BCUT2D eigenvalue weighted by Crippen LogP contribution is 2.13. The van der Waals surface area contributed by atoms with E-state index in [9.17, 15) is 19.7 Å². The van der Waals surface area contributed by atoms with Crippen LogP contribution in [0.25, 0.3) is 5.65 Å². The second-order valence-electron chi connectivity index (χ2n) is 4.89. The highest BCUT2D eigenvalue weighted by Gasteiger charge is 2.11. The van der Waals surface area contributed by atoms with Crippen LogP contribution < -0.4 is 5.56 Å². The van der Waals surface area contributed by atoms with E-state index in [2.05, 4.69) is 4.98 Å². The lowest BCUT2D eigenvalue weighted by atomic mass is 10.2. The van der Waals surface area contributed by atoms with Crippen molar-refractivity contribution in [2.45, 2.75) is 6.61 Å². The first-order valence-corrected chi connectivity index (χ1v) is 6.93. The summed E-state index contributed by atoms with van der Waals surface area (Å²) >= 11 is 0. The first kappa shape index (κ1) is 15.3. The molecule has 0 bridgehead atoms. The lowest BCUT2D eigenvalue weighted by molar-refractivity contribution is -0.384. The third-order valence-electron chi connectivity index (χ3n) is 3.29. The van der Waals surface area contributed by atoms with E-state index in [1.165, 1.54) is 34.7 Å². The number of fused-ring (bicyclic) bond motifs is 1. The molecule has 0 amide bonds. The van der Waals surface area contributed by atoms with Gasteiger partial charge in [0.15, 0.2) is 0 Å². The maximum Gasteiger partial charge on any atom is 0.338 e. The van der Waals surface area contributed by atoms with Crippen LogP contribution in [0.1, 0.15) is 16.1 Å². The first-order chi connectivity index (χ1) is 11.5. The molecule has 0 saturated heterocycles. The number of rotatable bonds is 4. The third kappa shape index (κ3) is 3.12. The van der Waals surface area contributed by atoms with E-state index in [1.807, 2.05) is 0 Å². The standard InChI is InChI=1S/C16H11N3O5/c20-15-9-12(17-14-3-1-2-8-18(14)15)10-24-16(21)11-4-6-13(7-5-11)19(22)23/h1-9H,10H2. The maximum atomic E-state index is 11.9. The Morgan fingerprint density at radius 1 is 1.21 bits per heavy atom. The van der Waals surface area contributed by atoms with Crippen LogP contribution in [0.4, 0.5) is 5.69 Å². The summed E-state index contributed by atoms with van der Waals surface area (Å²) in [5.41, 5.74) is 0.559. The molecule has 8 heteroatoms. The van der Waals surface area contributed by atoms with Crippen molar-refractivity contribution in [3.8, 4) is 0 Å². The molecule has 0 spiro atoms. The van der Waals surface area contributed by atoms with Gasteiger partial charge in [0.2, 0.25) is 0 Å². The predicted molar refractivity (Wildman–Crippen MR) is 83.7 cm³/mol. The highest BCUT2D eigenvalue weighted by molar-refractivity contribution is 5.89. The molecule has 0 saturated carbocycles. The number of carbonyl (C=O) groups is 1. The topological polar surface area (TPSA) is 104 Å². The Morgan fingerprint density at radius 2 is 1.96 bits per heavy atom. The second-order valence-corrected chi connectivity index (χ2v) is 4.89. The van der Waals surface area contributed by atoms with Crippen LogP contribution in [0.5, 0.6) is 0 Å². The summed E-state index contributed by atoms with van der Waals surface area (Å²) in [6.07, 6.45) is 1.59. The molecule has 3 aromatic rings. The zero-order chi connectivity index (χ0) is 17.1. The van der Waals surface area contributed by atoms with Crippen LogP contribution >= 0.6 is 0 Å². The molecule has 0 N–H and O–H groups in total. The smallest absolute Gasteiger partial charge is 0.338 e. The van der Waals surface area contributed by atoms with Crippen LogP contribution in [-0.2, 0) is 11.3 Å². The highest BCUT2D eigenvalue weighted by atomic mass is 16.6. The van der Waals surface area contributed by atoms with Crippen molar-refractivity contribution in [3.63, 3.8) is 0 Å². The van der Waals surface area contributed by atoms with Gasteiger partial charge in [-0.2, -0.15) is 0 Å². The Labute approximate surface area is 135 Å². The first-order valence-electron chi connectivity index (χ1n) is 6.93. The van der Waals surface area contributed by atoms with E-state index in [4.69, 9.17) is 4.74 Å². The van der Waals surface area contributed by atoms with Crippen molar-refractivity contribution in [1.29, 1.82) is 0 Å². The third-order valence-corrected chi connectivity index (χ3v) is 3.29. The Hall–Kier alpha value is -3.55. The number of ether oxygens (including phenoxy) is 1. The molecule has 2 heterocycles. The molecule has 3 rings (SSSR count). The number of non-ortho nitro benzene ring substituents is 1. The molecule has 0 unspecified atom stereocenters. The van der Waals surface area contributed by atoms with Gasteiger partial charge in [0.25, 0.3) is 11.2 Å². The van der Waals surface area contributed by atoms with Crippen LogP contribution in [0.2, 0.25) is 0 Å². The molecule has 0 radical (unpaired) electrons. The van der Waals surface area contributed by atoms with Crippen molar-refractivity contribution in [2.24, 2.45) is 0 Å². The summed E-state index contributed by atoms with van der Waals surface area (Å²) in [7, 11) is 0. The average Bonchev–Trinajstić information content (AvgIpc) is 2.60. The minimum atomic E-state index is -0.653. The number of nitro groups is 1. The van der Waals surface area contributed by atoms with Crippen molar-refractivity contribution >= 4 is 17.3 Å². The van der Waals surface area contributed by atoms with Crippen molar-refractivity contribution in [3.05, 3.63) is 86.5 Å². The number of hydrogen-bond donors (Lipinski definition) is 0. The number of aromatic nitrogens is 2. The minimum absolute atomic E-state index is 0.115. The molecule has 0 fully saturated rings. The Kier molecular flexibility index (Phi) is 4.02. The summed E-state index contributed by atoms with van der Waals surface area (Å²) in [6.45, 7) is -0.170. The van der Waals surface area contributed by atoms with Crippen LogP contribution in [0.15, 0.2) is 59.5 Å². The Balaban J connectivity index is 1.74. The Bertz CT molecular complexity index is 979. The minimum Gasteiger partial charge on any atom is -0.456 e. The number of esters is 1. The van der Waals surface area contributed by atoms with Gasteiger partial charge in [0, 0.05) is 24.4 Å².